The van der Waals surface area contributed by atoms with E-state index in [0.29, 0.717) is 0 Å². The summed E-state index contributed by atoms with van der Waals surface area (Å²) in [7, 11) is -2.92. The van der Waals surface area contributed by atoms with Gasteiger partial charge < -0.3 is 0 Å². The molecule has 0 saturated carbocycles. The topological polar surface area (TPSA) is 29.5 Å². The maximum absolute atomic E-state index is 12.3. The first kappa shape index (κ1) is 7.28. The van der Waals surface area contributed by atoms with Crippen molar-refractivity contribution in [1.29, 1.82) is 0 Å². The fraction of sp³-hybridized carbons (Fsp3) is 1.00. The van der Waals surface area contributed by atoms with Crippen LogP contribution in [0.2, 0.25) is 0 Å². The van der Waals surface area contributed by atoms with E-state index in [1.54, 1.807) is 0 Å². The van der Waals surface area contributed by atoms with Gasteiger partial charge in [0.25, 0.3) is 0 Å². The van der Waals surface area contributed by atoms with Gasteiger partial charge in [0.2, 0.25) is 0 Å². The Hall–Kier alpha value is 0.280. The molecule has 0 aliphatic heterocycles. The number of rotatable bonds is 1. The zero-order chi connectivity index (χ0) is 6.15. The number of hydrogen-bond donors (Lipinski definition) is 1. The van der Waals surface area contributed by atoms with Crippen molar-refractivity contribution in [3.63, 3.8) is 0 Å². The fourth-order valence-electron chi connectivity index (χ4n) is 0. The van der Waals surface area contributed by atoms with E-state index in [4.69, 9.17) is 4.89 Å². The van der Waals surface area contributed by atoms with Crippen LogP contribution in [0, 0.1) is 0 Å². The second-order valence-corrected chi connectivity index (χ2v) is 5.88. The SMILES string of the molecule is COP(C)(C)(O)F. The van der Waals surface area contributed by atoms with Gasteiger partial charge in [-0.05, 0) is 0 Å². The maximum atomic E-state index is 12.3. The predicted molar refractivity (Wildman–Crippen MR) is 29.1 cm³/mol. The normalized spacial score (nSPS) is 18.1. The second kappa shape index (κ2) is 1.38. The van der Waals surface area contributed by atoms with Gasteiger partial charge in [0.1, 0.15) is 0 Å². The summed E-state index contributed by atoms with van der Waals surface area (Å²) < 4.78 is 16.4. The second-order valence-electron chi connectivity index (χ2n) is 1.96. The van der Waals surface area contributed by atoms with Gasteiger partial charge in [0.05, 0.1) is 0 Å². The molecule has 46 valence electrons. The molecule has 1 N–H and O–H groups in total. The van der Waals surface area contributed by atoms with Crippen LogP contribution in [0.25, 0.3) is 0 Å². The summed E-state index contributed by atoms with van der Waals surface area (Å²) in [5.41, 5.74) is 0. The molecule has 0 amide bonds. The first-order chi connectivity index (χ1) is 2.81. The van der Waals surface area contributed by atoms with Crippen LogP contribution in [0.3, 0.4) is 0 Å². The summed E-state index contributed by atoms with van der Waals surface area (Å²) >= 11 is 0. The minimum atomic E-state index is -4.08. The van der Waals surface area contributed by atoms with Crippen molar-refractivity contribution in [2.45, 2.75) is 0 Å². The zero-order valence-corrected chi connectivity index (χ0v) is 5.58. The van der Waals surface area contributed by atoms with E-state index < -0.39 is 7.37 Å². The van der Waals surface area contributed by atoms with Gasteiger partial charge in [-0.2, -0.15) is 0 Å². The Balaban J connectivity index is 3.83. The van der Waals surface area contributed by atoms with E-state index in [9.17, 15) is 4.20 Å². The van der Waals surface area contributed by atoms with Crippen molar-refractivity contribution in [2.75, 3.05) is 20.4 Å². The first-order valence-corrected chi connectivity index (χ1v) is 4.75. The van der Waals surface area contributed by atoms with Crippen LogP contribution >= 0.6 is 7.37 Å². The van der Waals surface area contributed by atoms with Crippen LogP contribution in [0.5, 0.6) is 0 Å². The van der Waals surface area contributed by atoms with Crippen molar-refractivity contribution >= 4 is 7.37 Å². The standard InChI is InChI=1S/C3H10FO2P/c1-6-7(2,3,4)5/h5H,1-3H3. The zero-order valence-electron chi connectivity index (χ0n) is 4.68. The summed E-state index contributed by atoms with van der Waals surface area (Å²) in [5, 5.41) is 0. The van der Waals surface area contributed by atoms with Gasteiger partial charge in [-0.25, -0.2) is 0 Å². The van der Waals surface area contributed by atoms with Crippen LogP contribution < -0.4 is 0 Å². The monoisotopic (exact) mass is 128 g/mol. The summed E-state index contributed by atoms with van der Waals surface area (Å²) in [5.74, 6) is 0. The van der Waals surface area contributed by atoms with E-state index in [0.717, 1.165) is 20.4 Å². The minimum absolute atomic E-state index is 1.06. The van der Waals surface area contributed by atoms with Gasteiger partial charge in [-0.1, -0.05) is 0 Å². The van der Waals surface area contributed by atoms with E-state index in [-0.39, 0.29) is 0 Å². The number of hydrogen-bond acceptors (Lipinski definition) is 2. The molecule has 0 radical (unpaired) electrons. The fourth-order valence-corrected chi connectivity index (χ4v) is 0. The van der Waals surface area contributed by atoms with Crippen molar-refractivity contribution in [3.8, 4) is 0 Å². The van der Waals surface area contributed by atoms with Crippen LogP contribution in [0.15, 0.2) is 0 Å². The third-order valence-corrected chi connectivity index (χ3v) is 1.55. The predicted octanol–water partition coefficient (Wildman–Crippen LogP) is 1.15. The molecule has 0 spiro atoms. The third-order valence-electron chi connectivity index (χ3n) is 0.516. The quantitative estimate of drug-likeness (QED) is 0.537. The molecule has 0 saturated heterocycles. The van der Waals surface area contributed by atoms with Gasteiger partial charge in [0.15, 0.2) is 0 Å². The molecule has 7 heavy (non-hydrogen) atoms. The van der Waals surface area contributed by atoms with Crippen molar-refractivity contribution in [2.24, 2.45) is 0 Å². The molecule has 0 heterocycles. The van der Waals surface area contributed by atoms with E-state index in [1.807, 2.05) is 0 Å². The van der Waals surface area contributed by atoms with Gasteiger partial charge in [-0.3, -0.25) is 0 Å². The Kier molecular flexibility index (Phi) is 1.43. The molecule has 0 aliphatic carbocycles. The molecule has 0 aromatic carbocycles. The molecule has 0 rings (SSSR count). The van der Waals surface area contributed by atoms with Gasteiger partial charge in [-0.15, -0.1) is 0 Å². The molecule has 0 atom stereocenters. The summed E-state index contributed by atoms with van der Waals surface area (Å²) in [6.07, 6.45) is 0. The molecule has 0 aliphatic rings. The van der Waals surface area contributed by atoms with E-state index in [1.165, 1.54) is 0 Å². The Bertz CT molecular complexity index is 65.5. The molecule has 4 heteroatoms. The van der Waals surface area contributed by atoms with Crippen molar-refractivity contribution < 1.29 is 13.6 Å². The van der Waals surface area contributed by atoms with E-state index >= 15 is 0 Å². The Morgan fingerprint density at radius 2 is 1.71 bits per heavy atom. The molecule has 2 nitrogen and oxygen atoms in total. The first-order valence-electron chi connectivity index (χ1n) is 1.85. The Morgan fingerprint density at radius 1 is 1.57 bits per heavy atom. The van der Waals surface area contributed by atoms with Gasteiger partial charge >= 0.3 is 41.4 Å². The molecule has 0 fully saturated rings. The molecular weight excluding hydrogens is 118 g/mol. The average molecular weight is 128 g/mol. The van der Waals surface area contributed by atoms with Crippen LogP contribution in [0.4, 0.5) is 4.20 Å². The summed E-state index contributed by atoms with van der Waals surface area (Å²) in [6.45, 7) is 2.12. The molecule has 0 aromatic rings. The number of halogens is 1. The van der Waals surface area contributed by atoms with Crippen molar-refractivity contribution in [1.82, 2.24) is 0 Å². The van der Waals surface area contributed by atoms with Crippen LogP contribution in [-0.2, 0) is 4.52 Å². The van der Waals surface area contributed by atoms with Crippen molar-refractivity contribution in [3.05, 3.63) is 0 Å². The average Bonchev–Trinajstić information content (AvgIpc) is 1.32. The molecule has 0 unspecified atom stereocenters. The molecule has 0 aromatic heterocycles. The van der Waals surface area contributed by atoms with E-state index in [2.05, 4.69) is 4.52 Å². The van der Waals surface area contributed by atoms with Crippen LogP contribution in [-0.4, -0.2) is 25.3 Å². The van der Waals surface area contributed by atoms with Gasteiger partial charge in [0, 0.05) is 0 Å². The third kappa shape index (κ3) is 6.28. The Morgan fingerprint density at radius 3 is 1.71 bits per heavy atom. The molecule has 0 bridgehead atoms. The Labute approximate surface area is 42.5 Å². The van der Waals surface area contributed by atoms with Crippen LogP contribution in [0.1, 0.15) is 0 Å². The summed E-state index contributed by atoms with van der Waals surface area (Å²) in [4.78, 5) is 8.53. The molecular formula is C3H10FO2P. The summed E-state index contributed by atoms with van der Waals surface area (Å²) in [6, 6.07) is 0.